The first kappa shape index (κ1) is 20.0. The zero-order chi connectivity index (χ0) is 16.9. The average molecular weight is 386 g/mol. The van der Waals surface area contributed by atoms with Crippen LogP contribution < -0.4 is 4.90 Å². The number of thioether (sulfide) groups is 1. The summed E-state index contributed by atoms with van der Waals surface area (Å²) in [4.78, 5) is 20.3. The van der Waals surface area contributed by atoms with Crippen LogP contribution in [0.4, 0.5) is 10.1 Å². The Morgan fingerprint density at radius 2 is 1.84 bits per heavy atom. The van der Waals surface area contributed by atoms with E-state index >= 15 is 0 Å². The lowest BCUT2D eigenvalue weighted by molar-refractivity contribution is -0.108. The fourth-order valence-corrected chi connectivity index (χ4v) is 4.58. The minimum atomic E-state index is -0.297. The number of benzene rings is 1. The molecule has 25 heavy (non-hydrogen) atoms. The lowest BCUT2D eigenvalue weighted by Crippen LogP contribution is -2.45. The first-order valence-electron chi connectivity index (χ1n) is 8.61. The molecular formula is C18H25ClFN3OS. The normalized spacial score (nSPS) is 23.2. The molecule has 1 saturated carbocycles. The van der Waals surface area contributed by atoms with E-state index in [1.807, 2.05) is 7.05 Å². The summed E-state index contributed by atoms with van der Waals surface area (Å²) in [5.41, 5.74) is 0.708. The quantitative estimate of drug-likeness (QED) is 0.572. The van der Waals surface area contributed by atoms with Crippen molar-refractivity contribution in [3.8, 4) is 0 Å². The van der Waals surface area contributed by atoms with Crippen LogP contribution in [0.15, 0.2) is 29.3 Å². The fourth-order valence-electron chi connectivity index (χ4n) is 3.34. The second-order valence-electron chi connectivity index (χ2n) is 6.45. The molecule has 0 bridgehead atoms. The van der Waals surface area contributed by atoms with Gasteiger partial charge in [0.25, 0.3) is 0 Å². The Kier molecular flexibility index (Phi) is 7.56. The maximum absolute atomic E-state index is 13.1. The Morgan fingerprint density at radius 1 is 1.20 bits per heavy atom. The summed E-state index contributed by atoms with van der Waals surface area (Å²) in [5, 5.41) is 1.01. The highest BCUT2D eigenvalue weighted by Crippen LogP contribution is 2.30. The van der Waals surface area contributed by atoms with Gasteiger partial charge in [-0.25, -0.2) is 4.39 Å². The van der Waals surface area contributed by atoms with Crippen molar-refractivity contribution in [2.24, 2.45) is 4.99 Å². The van der Waals surface area contributed by atoms with Crippen molar-refractivity contribution in [3.63, 3.8) is 0 Å². The lowest BCUT2D eigenvalue weighted by atomic mass is 10.1. The number of carbonyl (C=O) groups is 1. The van der Waals surface area contributed by atoms with Gasteiger partial charge in [0.15, 0.2) is 5.17 Å². The topological polar surface area (TPSA) is 35.9 Å². The number of carbonyl (C=O) groups excluding carboxylic acids is 1. The molecule has 1 aromatic rings. The molecule has 0 N–H and O–H groups in total. The zero-order valence-electron chi connectivity index (χ0n) is 14.4. The first-order chi connectivity index (χ1) is 11.7. The van der Waals surface area contributed by atoms with Crippen LogP contribution in [0, 0.1) is 5.82 Å². The van der Waals surface area contributed by atoms with Gasteiger partial charge in [-0.3, -0.25) is 14.7 Å². The molecule has 1 saturated heterocycles. The molecule has 1 aliphatic carbocycles. The van der Waals surface area contributed by atoms with Crippen molar-refractivity contribution in [1.82, 2.24) is 4.90 Å². The highest BCUT2D eigenvalue weighted by atomic mass is 35.5. The number of hydrogen-bond donors (Lipinski definition) is 0. The van der Waals surface area contributed by atoms with Gasteiger partial charge in [0.2, 0.25) is 6.41 Å². The van der Waals surface area contributed by atoms with Crippen LogP contribution in [0.3, 0.4) is 0 Å². The Morgan fingerprint density at radius 3 is 2.44 bits per heavy atom. The van der Waals surface area contributed by atoms with E-state index in [0.29, 0.717) is 11.7 Å². The van der Waals surface area contributed by atoms with Gasteiger partial charge in [0.1, 0.15) is 12.0 Å². The number of halogens is 2. The molecule has 0 radical (unpaired) electrons. The number of hydrogen-bond acceptors (Lipinski definition) is 3. The van der Waals surface area contributed by atoms with Gasteiger partial charge < -0.3 is 4.90 Å². The van der Waals surface area contributed by atoms with E-state index in [2.05, 4.69) is 4.90 Å². The third-order valence-corrected chi connectivity index (χ3v) is 5.90. The third-order valence-electron chi connectivity index (χ3n) is 4.79. The van der Waals surface area contributed by atoms with E-state index in [9.17, 15) is 9.18 Å². The summed E-state index contributed by atoms with van der Waals surface area (Å²) in [6.45, 7) is 0. The van der Waals surface area contributed by atoms with Crippen molar-refractivity contribution < 1.29 is 9.18 Å². The van der Waals surface area contributed by atoms with Crippen LogP contribution in [0.25, 0.3) is 0 Å². The van der Waals surface area contributed by atoms with E-state index in [4.69, 9.17) is 4.99 Å². The average Bonchev–Trinajstić information content (AvgIpc) is 2.79. The molecule has 4 nitrogen and oxygen atoms in total. The highest BCUT2D eigenvalue weighted by molar-refractivity contribution is 8.14. The monoisotopic (exact) mass is 385 g/mol. The maximum atomic E-state index is 13.1. The van der Waals surface area contributed by atoms with Gasteiger partial charge >= 0.3 is 0 Å². The van der Waals surface area contributed by atoms with Crippen LogP contribution in [-0.2, 0) is 4.79 Å². The summed E-state index contributed by atoms with van der Waals surface area (Å²) in [5.74, 6) is 0.479. The number of amidine groups is 1. The predicted octanol–water partition coefficient (Wildman–Crippen LogP) is 4.29. The van der Waals surface area contributed by atoms with Crippen molar-refractivity contribution in [3.05, 3.63) is 30.1 Å². The Labute approximate surface area is 159 Å². The second-order valence-corrected chi connectivity index (χ2v) is 7.44. The molecular weight excluding hydrogens is 361 g/mol. The zero-order valence-corrected chi connectivity index (χ0v) is 16.1. The number of amides is 1. The Bertz CT molecular complexity index is 590. The SMILES string of the molecule is CN1C(=NC2CCCCCC2)SCC1N(C=O)c1ccc(F)cc1.Cl. The van der Waals surface area contributed by atoms with Gasteiger partial charge in [-0.2, -0.15) is 0 Å². The summed E-state index contributed by atoms with van der Waals surface area (Å²) >= 11 is 1.70. The molecule has 1 unspecified atom stereocenters. The number of rotatable bonds is 4. The third kappa shape index (κ3) is 4.88. The highest BCUT2D eigenvalue weighted by Gasteiger charge is 2.32. The van der Waals surface area contributed by atoms with Crippen LogP contribution >= 0.6 is 24.2 Å². The summed E-state index contributed by atoms with van der Waals surface area (Å²) in [6.07, 6.45) is 8.22. The largest absolute Gasteiger partial charge is 0.333 e. The number of nitrogens with zero attached hydrogens (tertiary/aromatic N) is 3. The molecule has 1 aliphatic heterocycles. The van der Waals surface area contributed by atoms with Crippen LogP contribution in [0.5, 0.6) is 0 Å². The van der Waals surface area contributed by atoms with Gasteiger partial charge in [-0.1, -0.05) is 37.4 Å². The molecule has 138 valence electrons. The van der Waals surface area contributed by atoms with Gasteiger partial charge in [0.05, 0.1) is 6.04 Å². The number of anilines is 1. The Balaban J connectivity index is 0.00000225. The molecule has 1 aromatic carbocycles. The molecule has 0 spiro atoms. The van der Waals surface area contributed by atoms with E-state index in [0.717, 1.165) is 30.2 Å². The predicted molar refractivity (Wildman–Crippen MR) is 105 cm³/mol. The van der Waals surface area contributed by atoms with Crippen molar-refractivity contribution >= 4 is 41.4 Å². The molecule has 0 aromatic heterocycles. The minimum absolute atomic E-state index is 0. The molecule has 2 aliphatic rings. The molecule has 1 atom stereocenters. The van der Waals surface area contributed by atoms with Gasteiger partial charge in [-0.05, 0) is 37.1 Å². The molecule has 7 heteroatoms. The van der Waals surface area contributed by atoms with Crippen LogP contribution in [0.2, 0.25) is 0 Å². The van der Waals surface area contributed by atoms with Gasteiger partial charge in [-0.15, -0.1) is 12.4 Å². The molecule has 1 heterocycles. The molecule has 2 fully saturated rings. The van der Waals surface area contributed by atoms with E-state index in [-0.39, 0.29) is 24.4 Å². The van der Waals surface area contributed by atoms with Crippen LogP contribution in [0.1, 0.15) is 38.5 Å². The van der Waals surface area contributed by atoms with Gasteiger partial charge in [0, 0.05) is 18.5 Å². The van der Waals surface area contributed by atoms with Crippen molar-refractivity contribution in [2.75, 3.05) is 17.7 Å². The second kappa shape index (κ2) is 9.43. The lowest BCUT2D eigenvalue weighted by Gasteiger charge is -2.30. The van der Waals surface area contributed by atoms with E-state index < -0.39 is 0 Å². The summed E-state index contributed by atoms with van der Waals surface area (Å²) in [6, 6.07) is 6.46. The smallest absolute Gasteiger partial charge is 0.215 e. The Hall–Kier alpha value is -1.27. The number of aliphatic imine (C=N–C) groups is 1. The van der Waals surface area contributed by atoms with Crippen molar-refractivity contribution in [1.29, 1.82) is 0 Å². The minimum Gasteiger partial charge on any atom is -0.333 e. The summed E-state index contributed by atoms with van der Waals surface area (Å²) in [7, 11) is 1.99. The summed E-state index contributed by atoms with van der Waals surface area (Å²) < 4.78 is 13.1. The van der Waals surface area contributed by atoms with Crippen LogP contribution in [-0.4, -0.2) is 41.5 Å². The fraction of sp³-hybridized carbons (Fsp3) is 0.556. The molecule has 3 rings (SSSR count). The standard InChI is InChI=1S/C18H24FN3OS.ClH/c1-21-17(22(13-23)16-10-8-14(19)9-11-16)12-24-18(21)20-15-6-4-2-3-5-7-15;/h8-11,13,15,17H,2-7,12H2,1H3;1H. The molecule has 1 amide bonds. The van der Waals surface area contributed by atoms with E-state index in [1.54, 1.807) is 28.8 Å². The van der Waals surface area contributed by atoms with Crippen molar-refractivity contribution in [2.45, 2.75) is 50.7 Å². The van der Waals surface area contributed by atoms with E-state index in [1.165, 1.54) is 37.8 Å². The maximum Gasteiger partial charge on any atom is 0.215 e. The first-order valence-corrected chi connectivity index (χ1v) is 9.60.